The first kappa shape index (κ1) is 13.9. The molecule has 1 unspecified atom stereocenters. The minimum Gasteiger partial charge on any atom is -0.315 e. The van der Waals surface area contributed by atoms with Crippen LogP contribution >= 0.6 is 0 Å². The van der Waals surface area contributed by atoms with Crippen molar-refractivity contribution < 1.29 is 0 Å². The van der Waals surface area contributed by atoms with Crippen molar-refractivity contribution >= 4 is 0 Å². The Bertz CT molecular complexity index is 182. The van der Waals surface area contributed by atoms with Gasteiger partial charge in [-0.25, -0.2) is 0 Å². The van der Waals surface area contributed by atoms with Crippen LogP contribution < -0.4 is 5.32 Å². The Morgan fingerprint density at radius 3 is 2.81 bits per heavy atom. The largest absolute Gasteiger partial charge is 0.315 e. The van der Waals surface area contributed by atoms with Crippen molar-refractivity contribution in [3.63, 3.8) is 0 Å². The summed E-state index contributed by atoms with van der Waals surface area (Å²) in [7, 11) is 4.50. The van der Waals surface area contributed by atoms with Gasteiger partial charge in [-0.2, -0.15) is 0 Å². The highest BCUT2D eigenvalue weighted by Crippen LogP contribution is 2.12. The molecule has 1 N–H and O–H groups in total. The molecule has 1 aliphatic heterocycles. The lowest BCUT2D eigenvalue weighted by atomic mass is 10.1. The lowest BCUT2D eigenvalue weighted by Crippen LogP contribution is -2.46. The van der Waals surface area contributed by atoms with Crippen molar-refractivity contribution in [1.82, 2.24) is 15.1 Å². The third-order valence-corrected chi connectivity index (χ3v) is 3.42. The van der Waals surface area contributed by atoms with Crippen LogP contribution in [0.15, 0.2) is 0 Å². The van der Waals surface area contributed by atoms with E-state index in [9.17, 15) is 0 Å². The molecule has 0 amide bonds. The van der Waals surface area contributed by atoms with Crippen molar-refractivity contribution in [1.29, 1.82) is 0 Å². The maximum absolute atomic E-state index is 3.51. The van der Waals surface area contributed by atoms with E-state index in [-0.39, 0.29) is 0 Å². The van der Waals surface area contributed by atoms with Gasteiger partial charge in [0.2, 0.25) is 0 Å². The van der Waals surface area contributed by atoms with Crippen LogP contribution in [0.2, 0.25) is 0 Å². The molecule has 0 radical (unpaired) electrons. The fraction of sp³-hybridized carbons (Fsp3) is 1.00. The summed E-state index contributed by atoms with van der Waals surface area (Å²) in [6.07, 6.45) is 2.72. The van der Waals surface area contributed by atoms with E-state index >= 15 is 0 Å². The van der Waals surface area contributed by atoms with Crippen molar-refractivity contribution in [2.75, 3.05) is 46.8 Å². The molecule has 1 heterocycles. The summed E-state index contributed by atoms with van der Waals surface area (Å²) in [5, 5.41) is 3.51. The highest BCUT2D eigenvalue weighted by molar-refractivity contribution is 4.77. The molecule has 3 heteroatoms. The number of hydrogen-bond donors (Lipinski definition) is 1. The first-order chi connectivity index (χ1) is 7.59. The second kappa shape index (κ2) is 7.25. The van der Waals surface area contributed by atoms with E-state index in [2.05, 4.69) is 43.1 Å². The molecule has 16 heavy (non-hydrogen) atoms. The van der Waals surface area contributed by atoms with Gasteiger partial charge in [0.15, 0.2) is 0 Å². The van der Waals surface area contributed by atoms with Gasteiger partial charge in [0.25, 0.3) is 0 Å². The summed E-state index contributed by atoms with van der Waals surface area (Å²) in [5.41, 5.74) is 0. The van der Waals surface area contributed by atoms with E-state index in [1.165, 1.54) is 32.5 Å². The Balaban J connectivity index is 2.11. The minimum absolute atomic E-state index is 0.756. The van der Waals surface area contributed by atoms with Crippen molar-refractivity contribution in [3.05, 3.63) is 0 Å². The molecule has 1 aliphatic rings. The maximum atomic E-state index is 3.51. The molecule has 1 fully saturated rings. The predicted molar refractivity (Wildman–Crippen MR) is 70.9 cm³/mol. The molecule has 0 saturated carbocycles. The van der Waals surface area contributed by atoms with E-state index in [0.29, 0.717) is 0 Å². The molecule has 1 rings (SSSR count). The number of likely N-dealkylation sites (tertiary alicyclic amines) is 1. The highest BCUT2D eigenvalue weighted by Gasteiger charge is 2.20. The van der Waals surface area contributed by atoms with Crippen LogP contribution in [0.4, 0.5) is 0 Å². The monoisotopic (exact) mass is 227 g/mol. The predicted octanol–water partition coefficient (Wildman–Crippen LogP) is 1.26. The van der Waals surface area contributed by atoms with E-state index in [1.54, 1.807) is 0 Å². The molecule has 0 aromatic rings. The average Bonchev–Trinajstić information content (AvgIpc) is 2.24. The van der Waals surface area contributed by atoms with Gasteiger partial charge in [-0.15, -0.1) is 0 Å². The van der Waals surface area contributed by atoms with Gasteiger partial charge in [-0.05, 0) is 45.9 Å². The molecule has 1 atom stereocenters. The van der Waals surface area contributed by atoms with Crippen molar-refractivity contribution in [3.8, 4) is 0 Å². The summed E-state index contributed by atoms with van der Waals surface area (Å²) < 4.78 is 0. The van der Waals surface area contributed by atoms with Gasteiger partial charge in [0.05, 0.1) is 0 Å². The summed E-state index contributed by atoms with van der Waals surface area (Å²) in [5.74, 6) is 0.756. The van der Waals surface area contributed by atoms with E-state index in [0.717, 1.165) is 25.0 Å². The summed E-state index contributed by atoms with van der Waals surface area (Å²) in [4.78, 5) is 4.97. The second-order valence-electron chi connectivity index (χ2n) is 5.64. The van der Waals surface area contributed by atoms with Gasteiger partial charge in [0.1, 0.15) is 0 Å². The first-order valence-corrected chi connectivity index (χ1v) is 6.69. The van der Waals surface area contributed by atoms with E-state index < -0.39 is 0 Å². The maximum Gasteiger partial charge on any atom is 0.0221 e. The van der Waals surface area contributed by atoms with Gasteiger partial charge in [0, 0.05) is 25.7 Å². The Morgan fingerprint density at radius 1 is 1.44 bits per heavy atom. The van der Waals surface area contributed by atoms with Gasteiger partial charge >= 0.3 is 0 Å². The van der Waals surface area contributed by atoms with Gasteiger partial charge in [-0.3, -0.25) is 0 Å². The van der Waals surface area contributed by atoms with Crippen molar-refractivity contribution in [2.45, 2.75) is 32.7 Å². The zero-order valence-electron chi connectivity index (χ0n) is 11.5. The Morgan fingerprint density at radius 2 is 2.19 bits per heavy atom. The number of likely N-dealkylation sites (N-methyl/N-ethyl adjacent to an activating group) is 2. The van der Waals surface area contributed by atoms with E-state index in [4.69, 9.17) is 0 Å². The molecule has 0 bridgehead atoms. The van der Waals surface area contributed by atoms with Crippen LogP contribution in [0.3, 0.4) is 0 Å². The van der Waals surface area contributed by atoms with Crippen LogP contribution in [0.25, 0.3) is 0 Å². The zero-order valence-corrected chi connectivity index (χ0v) is 11.5. The molecular formula is C13H29N3. The fourth-order valence-electron chi connectivity index (χ4n) is 2.33. The number of hydrogen-bond acceptors (Lipinski definition) is 3. The summed E-state index contributed by atoms with van der Waals surface area (Å²) in [6.45, 7) is 10.5. The molecule has 0 aliphatic carbocycles. The smallest absolute Gasteiger partial charge is 0.0221 e. The molecule has 0 aromatic heterocycles. The molecule has 96 valence electrons. The molecule has 0 aromatic carbocycles. The summed E-state index contributed by atoms with van der Waals surface area (Å²) >= 11 is 0. The second-order valence-corrected chi connectivity index (χ2v) is 5.64. The standard InChI is InChI=1S/C13H29N3/c1-12(2)10-14-7-9-16(4)13-6-5-8-15(3)11-13/h12-14H,5-11H2,1-4H3. The molecular weight excluding hydrogens is 198 g/mol. The fourth-order valence-corrected chi connectivity index (χ4v) is 2.33. The highest BCUT2D eigenvalue weighted by atomic mass is 15.2. The Hall–Kier alpha value is -0.120. The minimum atomic E-state index is 0.756. The van der Waals surface area contributed by atoms with Crippen molar-refractivity contribution in [2.24, 2.45) is 5.92 Å². The topological polar surface area (TPSA) is 18.5 Å². The summed E-state index contributed by atoms with van der Waals surface area (Å²) in [6, 6.07) is 0.764. The van der Waals surface area contributed by atoms with Crippen LogP contribution in [0.1, 0.15) is 26.7 Å². The molecule has 3 nitrogen and oxygen atoms in total. The third kappa shape index (κ3) is 5.28. The number of nitrogens with one attached hydrogen (secondary N) is 1. The number of nitrogens with zero attached hydrogens (tertiary/aromatic N) is 2. The van der Waals surface area contributed by atoms with Crippen LogP contribution in [0, 0.1) is 5.92 Å². The van der Waals surface area contributed by atoms with Crippen LogP contribution in [0.5, 0.6) is 0 Å². The number of rotatable bonds is 6. The average molecular weight is 227 g/mol. The quantitative estimate of drug-likeness (QED) is 0.689. The van der Waals surface area contributed by atoms with E-state index in [1.807, 2.05) is 0 Å². The number of piperidine rings is 1. The normalized spacial score (nSPS) is 23.2. The lowest BCUT2D eigenvalue weighted by Gasteiger charge is -2.35. The van der Waals surface area contributed by atoms with Gasteiger partial charge in [-0.1, -0.05) is 13.8 Å². The third-order valence-electron chi connectivity index (χ3n) is 3.42. The first-order valence-electron chi connectivity index (χ1n) is 6.69. The Kier molecular flexibility index (Phi) is 6.32. The Labute approximate surface area is 101 Å². The van der Waals surface area contributed by atoms with Crippen LogP contribution in [-0.2, 0) is 0 Å². The van der Waals surface area contributed by atoms with Crippen LogP contribution in [-0.4, -0.2) is 62.7 Å². The van der Waals surface area contributed by atoms with Gasteiger partial charge < -0.3 is 15.1 Å². The lowest BCUT2D eigenvalue weighted by molar-refractivity contribution is 0.135. The molecule has 1 saturated heterocycles. The molecule has 0 spiro atoms. The SMILES string of the molecule is CC(C)CNCCN(C)C1CCCN(C)C1. The zero-order chi connectivity index (χ0) is 12.0.